The second-order valence-corrected chi connectivity index (χ2v) is 5.60. The molecule has 0 fully saturated rings. The fourth-order valence-electron chi connectivity index (χ4n) is 2.93. The lowest BCUT2D eigenvalue weighted by Crippen LogP contribution is -1.96. The Morgan fingerprint density at radius 1 is 1.00 bits per heavy atom. The van der Waals surface area contributed by atoms with Crippen LogP contribution in [0.25, 0.3) is 16.9 Å². The maximum absolute atomic E-state index is 11.5. The highest BCUT2D eigenvalue weighted by atomic mass is 16.1. The van der Waals surface area contributed by atoms with Gasteiger partial charge >= 0.3 is 0 Å². The number of hydrogen-bond donors (Lipinski definition) is 0. The smallest absolute Gasteiger partial charge is 0.153 e. The molecule has 0 aliphatic carbocycles. The molecule has 3 heteroatoms. The minimum atomic E-state index is 0.610. The van der Waals surface area contributed by atoms with E-state index in [-0.39, 0.29) is 0 Å². The molecular formula is C19H18N2O. The summed E-state index contributed by atoms with van der Waals surface area (Å²) in [7, 11) is 0. The summed E-state index contributed by atoms with van der Waals surface area (Å²) in [6, 6.07) is 14.1. The predicted octanol–water partition coefficient (Wildman–Crippen LogP) is 4.28. The van der Waals surface area contributed by atoms with Gasteiger partial charge in [-0.2, -0.15) is 5.10 Å². The van der Waals surface area contributed by atoms with Crippen molar-refractivity contribution in [3.05, 3.63) is 70.9 Å². The minimum Gasteiger partial charge on any atom is -0.298 e. The number of aryl methyl sites for hydroxylation is 3. The molecule has 0 atom stereocenters. The SMILES string of the molecule is Cc1cc(C)c(-c2nn(-c3ccccc3)cc2C=O)c(C)c1. The van der Waals surface area contributed by atoms with Gasteiger partial charge in [0.2, 0.25) is 0 Å². The van der Waals surface area contributed by atoms with E-state index in [4.69, 9.17) is 0 Å². The molecular weight excluding hydrogens is 272 g/mol. The van der Waals surface area contributed by atoms with Crippen LogP contribution in [0.5, 0.6) is 0 Å². The van der Waals surface area contributed by atoms with E-state index in [1.807, 2.05) is 30.3 Å². The molecule has 0 spiro atoms. The van der Waals surface area contributed by atoms with E-state index in [2.05, 4.69) is 38.0 Å². The van der Waals surface area contributed by atoms with Gasteiger partial charge in [-0.25, -0.2) is 4.68 Å². The van der Waals surface area contributed by atoms with Crippen molar-refractivity contribution in [2.24, 2.45) is 0 Å². The Morgan fingerprint density at radius 2 is 1.64 bits per heavy atom. The normalized spacial score (nSPS) is 10.7. The van der Waals surface area contributed by atoms with Crippen molar-refractivity contribution in [3.63, 3.8) is 0 Å². The van der Waals surface area contributed by atoms with Gasteiger partial charge in [-0.15, -0.1) is 0 Å². The monoisotopic (exact) mass is 290 g/mol. The summed E-state index contributed by atoms with van der Waals surface area (Å²) in [6.07, 6.45) is 2.66. The zero-order valence-corrected chi connectivity index (χ0v) is 13.0. The van der Waals surface area contributed by atoms with Crippen LogP contribution in [-0.2, 0) is 0 Å². The van der Waals surface area contributed by atoms with Crippen LogP contribution in [0.1, 0.15) is 27.0 Å². The van der Waals surface area contributed by atoms with Crippen LogP contribution in [0.4, 0.5) is 0 Å². The Labute approximate surface area is 130 Å². The number of rotatable bonds is 3. The molecule has 0 aliphatic rings. The lowest BCUT2D eigenvalue weighted by atomic mass is 9.96. The topological polar surface area (TPSA) is 34.9 Å². The quantitative estimate of drug-likeness (QED) is 0.675. The van der Waals surface area contributed by atoms with Gasteiger partial charge in [0.05, 0.1) is 11.3 Å². The van der Waals surface area contributed by atoms with E-state index in [0.29, 0.717) is 5.56 Å². The van der Waals surface area contributed by atoms with Crippen molar-refractivity contribution in [3.8, 4) is 16.9 Å². The fraction of sp³-hybridized carbons (Fsp3) is 0.158. The number of nitrogens with zero attached hydrogens (tertiary/aromatic N) is 2. The number of hydrogen-bond acceptors (Lipinski definition) is 2. The first-order valence-electron chi connectivity index (χ1n) is 7.28. The molecule has 2 aromatic carbocycles. The standard InChI is InChI=1S/C19H18N2O/c1-13-9-14(2)18(15(3)10-13)19-16(12-22)11-21(20-19)17-7-5-4-6-8-17/h4-12H,1-3H3. The summed E-state index contributed by atoms with van der Waals surface area (Å²) in [5.74, 6) is 0. The van der Waals surface area contributed by atoms with Crippen LogP contribution in [0.15, 0.2) is 48.7 Å². The van der Waals surface area contributed by atoms with Crippen molar-refractivity contribution in [2.45, 2.75) is 20.8 Å². The highest BCUT2D eigenvalue weighted by Gasteiger charge is 2.16. The first kappa shape index (κ1) is 14.3. The van der Waals surface area contributed by atoms with Gasteiger partial charge in [0.15, 0.2) is 6.29 Å². The highest BCUT2D eigenvalue weighted by Crippen LogP contribution is 2.30. The maximum atomic E-state index is 11.5. The second-order valence-electron chi connectivity index (χ2n) is 5.60. The third-order valence-electron chi connectivity index (χ3n) is 3.80. The van der Waals surface area contributed by atoms with Crippen molar-refractivity contribution in [2.75, 3.05) is 0 Å². The lowest BCUT2D eigenvalue weighted by molar-refractivity contribution is 0.112. The zero-order chi connectivity index (χ0) is 15.7. The van der Waals surface area contributed by atoms with Crippen molar-refractivity contribution < 1.29 is 4.79 Å². The van der Waals surface area contributed by atoms with Crippen LogP contribution >= 0.6 is 0 Å². The average molecular weight is 290 g/mol. The average Bonchev–Trinajstić information content (AvgIpc) is 2.91. The molecule has 0 radical (unpaired) electrons. The van der Waals surface area contributed by atoms with Crippen molar-refractivity contribution >= 4 is 6.29 Å². The predicted molar refractivity (Wildman–Crippen MR) is 88.6 cm³/mol. The number of aromatic nitrogens is 2. The summed E-state index contributed by atoms with van der Waals surface area (Å²) in [5, 5.41) is 4.66. The molecule has 0 saturated carbocycles. The van der Waals surface area contributed by atoms with Gasteiger partial charge in [0, 0.05) is 11.8 Å². The van der Waals surface area contributed by atoms with Crippen LogP contribution in [-0.4, -0.2) is 16.1 Å². The third kappa shape index (κ3) is 2.46. The van der Waals surface area contributed by atoms with E-state index in [9.17, 15) is 4.79 Å². The van der Waals surface area contributed by atoms with Gasteiger partial charge in [-0.3, -0.25) is 4.79 Å². The molecule has 22 heavy (non-hydrogen) atoms. The molecule has 110 valence electrons. The molecule has 0 aliphatic heterocycles. The van der Waals surface area contributed by atoms with Gasteiger partial charge in [-0.05, 0) is 44.0 Å². The van der Waals surface area contributed by atoms with Gasteiger partial charge < -0.3 is 0 Å². The molecule has 0 bridgehead atoms. The van der Waals surface area contributed by atoms with Gasteiger partial charge in [0.1, 0.15) is 5.69 Å². The minimum absolute atomic E-state index is 0.610. The Hall–Kier alpha value is -2.68. The molecule has 1 heterocycles. The first-order chi connectivity index (χ1) is 10.6. The number of carbonyl (C=O) groups excluding carboxylic acids is 1. The highest BCUT2D eigenvalue weighted by molar-refractivity contribution is 5.87. The first-order valence-corrected chi connectivity index (χ1v) is 7.28. The molecule has 3 rings (SSSR count). The molecule has 3 aromatic rings. The van der Waals surface area contributed by atoms with Gasteiger partial charge in [-0.1, -0.05) is 35.9 Å². The van der Waals surface area contributed by atoms with E-state index < -0.39 is 0 Å². The Balaban J connectivity index is 2.20. The van der Waals surface area contributed by atoms with Crippen molar-refractivity contribution in [1.29, 1.82) is 0 Å². The van der Waals surface area contributed by atoms with Crippen LogP contribution in [0.3, 0.4) is 0 Å². The molecule has 1 aromatic heterocycles. The van der Waals surface area contributed by atoms with Crippen LogP contribution < -0.4 is 0 Å². The summed E-state index contributed by atoms with van der Waals surface area (Å²) in [5.41, 5.74) is 6.83. The molecule has 0 unspecified atom stereocenters. The van der Waals surface area contributed by atoms with E-state index >= 15 is 0 Å². The largest absolute Gasteiger partial charge is 0.298 e. The summed E-state index contributed by atoms with van der Waals surface area (Å²) in [4.78, 5) is 11.5. The van der Waals surface area contributed by atoms with E-state index in [1.54, 1.807) is 10.9 Å². The Bertz CT molecular complexity index is 809. The van der Waals surface area contributed by atoms with E-state index in [1.165, 1.54) is 5.56 Å². The summed E-state index contributed by atoms with van der Waals surface area (Å²) < 4.78 is 1.76. The zero-order valence-electron chi connectivity index (χ0n) is 13.0. The Kier molecular flexibility index (Phi) is 3.63. The molecule has 0 saturated heterocycles. The van der Waals surface area contributed by atoms with Crippen LogP contribution in [0, 0.1) is 20.8 Å². The van der Waals surface area contributed by atoms with E-state index in [0.717, 1.165) is 34.4 Å². The lowest BCUT2D eigenvalue weighted by Gasteiger charge is -2.09. The number of para-hydroxylation sites is 1. The summed E-state index contributed by atoms with van der Waals surface area (Å²) >= 11 is 0. The number of benzene rings is 2. The Morgan fingerprint density at radius 3 is 2.23 bits per heavy atom. The fourth-order valence-corrected chi connectivity index (χ4v) is 2.93. The molecule has 3 nitrogen and oxygen atoms in total. The molecule has 0 N–H and O–H groups in total. The molecule has 0 amide bonds. The second kappa shape index (κ2) is 5.60. The third-order valence-corrected chi connectivity index (χ3v) is 3.80. The number of aldehydes is 1. The van der Waals surface area contributed by atoms with Crippen LogP contribution in [0.2, 0.25) is 0 Å². The summed E-state index contributed by atoms with van der Waals surface area (Å²) in [6.45, 7) is 6.20. The van der Waals surface area contributed by atoms with Crippen molar-refractivity contribution in [1.82, 2.24) is 9.78 Å². The number of carbonyl (C=O) groups is 1. The maximum Gasteiger partial charge on any atom is 0.153 e. The van der Waals surface area contributed by atoms with Gasteiger partial charge in [0.25, 0.3) is 0 Å².